The highest BCUT2D eigenvalue weighted by atomic mass is 79.9. The van der Waals surface area contributed by atoms with Gasteiger partial charge in [-0.1, -0.05) is 19.9 Å². The van der Waals surface area contributed by atoms with E-state index in [1.54, 1.807) is 12.1 Å². The molecule has 0 bridgehead atoms. The molecule has 1 aromatic carbocycles. The number of hydrogen-bond donors (Lipinski definition) is 1. The number of halogens is 1. The third-order valence-corrected chi connectivity index (χ3v) is 4.98. The minimum absolute atomic E-state index is 0.00712. The standard InChI is InChI=1S/C13H18BrNO3S/c1-3-13(4-2,9-19)8-18-11-7-5-6-10(12(11)14)15(16)17/h5-7,19H,3-4,8-9H2,1-2H3. The van der Waals surface area contributed by atoms with Crippen LogP contribution in [-0.4, -0.2) is 17.3 Å². The summed E-state index contributed by atoms with van der Waals surface area (Å²) in [4.78, 5) is 10.4. The zero-order valence-electron chi connectivity index (χ0n) is 11.1. The Hall–Kier alpha value is -0.750. The van der Waals surface area contributed by atoms with Gasteiger partial charge in [0.15, 0.2) is 0 Å². The Labute approximate surface area is 127 Å². The van der Waals surface area contributed by atoms with Crippen molar-refractivity contribution in [3.8, 4) is 5.75 Å². The molecule has 0 fully saturated rings. The first-order valence-corrected chi connectivity index (χ1v) is 7.58. The van der Waals surface area contributed by atoms with Crippen LogP contribution in [0.5, 0.6) is 5.75 Å². The van der Waals surface area contributed by atoms with E-state index in [9.17, 15) is 10.1 Å². The molecule has 0 unspecified atom stereocenters. The van der Waals surface area contributed by atoms with Crippen LogP contribution < -0.4 is 4.74 Å². The van der Waals surface area contributed by atoms with Gasteiger partial charge >= 0.3 is 0 Å². The molecule has 1 rings (SSSR count). The zero-order chi connectivity index (χ0) is 14.5. The summed E-state index contributed by atoms with van der Waals surface area (Å²) < 4.78 is 6.15. The Bertz CT molecular complexity index is 441. The highest BCUT2D eigenvalue weighted by molar-refractivity contribution is 9.10. The topological polar surface area (TPSA) is 52.4 Å². The predicted molar refractivity (Wildman–Crippen MR) is 83.2 cm³/mol. The van der Waals surface area contributed by atoms with Crippen molar-refractivity contribution < 1.29 is 9.66 Å². The molecule has 106 valence electrons. The molecule has 0 aliphatic rings. The van der Waals surface area contributed by atoms with Crippen LogP contribution in [0.1, 0.15) is 26.7 Å². The van der Waals surface area contributed by atoms with Gasteiger partial charge in [-0.2, -0.15) is 12.6 Å². The van der Waals surface area contributed by atoms with Crippen LogP contribution in [0, 0.1) is 15.5 Å². The van der Waals surface area contributed by atoms with Crippen molar-refractivity contribution in [2.24, 2.45) is 5.41 Å². The van der Waals surface area contributed by atoms with Crippen LogP contribution >= 0.6 is 28.6 Å². The number of hydrogen-bond acceptors (Lipinski definition) is 4. The van der Waals surface area contributed by atoms with Gasteiger partial charge in [0.1, 0.15) is 10.2 Å². The van der Waals surface area contributed by atoms with Gasteiger partial charge in [0, 0.05) is 11.5 Å². The van der Waals surface area contributed by atoms with E-state index in [1.165, 1.54) is 6.07 Å². The third kappa shape index (κ3) is 3.86. The van der Waals surface area contributed by atoms with Crippen LogP contribution in [-0.2, 0) is 0 Å². The average Bonchev–Trinajstić information content (AvgIpc) is 2.42. The van der Waals surface area contributed by atoms with E-state index in [0.29, 0.717) is 16.8 Å². The first-order valence-electron chi connectivity index (χ1n) is 6.16. The molecule has 1 aromatic rings. The molecule has 0 heterocycles. The van der Waals surface area contributed by atoms with E-state index < -0.39 is 4.92 Å². The first kappa shape index (κ1) is 16.3. The normalized spacial score (nSPS) is 11.4. The minimum atomic E-state index is -0.428. The summed E-state index contributed by atoms with van der Waals surface area (Å²) in [7, 11) is 0. The molecular weight excluding hydrogens is 330 g/mol. The Morgan fingerprint density at radius 2 is 2.05 bits per heavy atom. The van der Waals surface area contributed by atoms with Crippen molar-refractivity contribution in [2.45, 2.75) is 26.7 Å². The van der Waals surface area contributed by atoms with E-state index >= 15 is 0 Å². The Morgan fingerprint density at radius 1 is 1.42 bits per heavy atom. The first-order chi connectivity index (χ1) is 8.99. The van der Waals surface area contributed by atoms with E-state index in [1.807, 2.05) is 0 Å². The van der Waals surface area contributed by atoms with Crippen LogP contribution in [0.2, 0.25) is 0 Å². The van der Waals surface area contributed by atoms with E-state index in [4.69, 9.17) is 4.74 Å². The quantitative estimate of drug-likeness (QED) is 0.449. The van der Waals surface area contributed by atoms with E-state index in [-0.39, 0.29) is 11.1 Å². The minimum Gasteiger partial charge on any atom is -0.492 e. The molecule has 0 spiro atoms. The van der Waals surface area contributed by atoms with Gasteiger partial charge in [0.2, 0.25) is 0 Å². The van der Waals surface area contributed by atoms with E-state index in [0.717, 1.165) is 18.6 Å². The van der Waals surface area contributed by atoms with Gasteiger partial charge < -0.3 is 4.74 Å². The average molecular weight is 348 g/mol. The molecule has 0 amide bonds. The molecule has 0 N–H and O–H groups in total. The summed E-state index contributed by atoms with van der Waals surface area (Å²) in [6.07, 6.45) is 1.92. The lowest BCUT2D eigenvalue weighted by Crippen LogP contribution is -2.29. The third-order valence-electron chi connectivity index (χ3n) is 3.51. The summed E-state index contributed by atoms with van der Waals surface area (Å²) in [5.41, 5.74) is 0.0228. The number of ether oxygens (including phenoxy) is 1. The number of nitrogens with zero attached hydrogens (tertiary/aromatic N) is 1. The fraction of sp³-hybridized carbons (Fsp3) is 0.538. The molecular formula is C13H18BrNO3S. The Balaban J connectivity index is 2.89. The molecule has 0 saturated carbocycles. The number of thiol groups is 1. The number of benzene rings is 1. The van der Waals surface area contributed by atoms with Gasteiger partial charge in [-0.05, 0) is 40.6 Å². The molecule has 0 atom stereocenters. The summed E-state index contributed by atoms with van der Waals surface area (Å²) >= 11 is 7.62. The van der Waals surface area contributed by atoms with Gasteiger partial charge in [-0.15, -0.1) is 0 Å². The largest absolute Gasteiger partial charge is 0.492 e. The molecule has 0 saturated heterocycles. The second kappa shape index (κ2) is 7.14. The summed E-state index contributed by atoms with van der Waals surface area (Å²) in [5, 5.41) is 10.9. The highest BCUT2D eigenvalue weighted by Crippen LogP contribution is 2.36. The van der Waals surface area contributed by atoms with Crippen molar-refractivity contribution in [3.63, 3.8) is 0 Å². The number of rotatable bonds is 7. The lowest BCUT2D eigenvalue weighted by atomic mass is 9.85. The SMILES string of the molecule is CCC(CC)(CS)COc1cccc([N+](=O)[O-])c1Br. The monoisotopic (exact) mass is 347 g/mol. The smallest absolute Gasteiger partial charge is 0.287 e. The van der Waals surface area contributed by atoms with Crippen molar-refractivity contribution in [3.05, 3.63) is 32.8 Å². The zero-order valence-corrected chi connectivity index (χ0v) is 13.5. The second-order valence-electron chi connectivity index (χ2n) is 4.50. The molecule has 4 nitrogen and oxygen atoms in total. The molecule has 0 aliphatic heterocycles. The molecule has 19 heavy (non-hydrogen) atoms. The lowest BCUT2D eigenvalue weighted by Gasteiger charge is -2.29. The molecule has 0 aliphatic carbocycles. The summed E-state index contributed by atoms with van der Waals surface area (Å²) in [6.45, 7) is 4.71. The fourth-order valence-electron chi connectivity index (χ4n) is 1.71. The number of nitro benzene ring substituents is 1. The van der Waals surface area contributed by atoms with Crippen molar-refractivity contribution >= 4 is 34.2 Å². The lowest BCUT2D eigenvalue weighted by molar-refractivity contribution is -0.385. The van der Waals surface area contributed by atoms with Crippen LogP contribution in [0.3, 0.4) is 0 Å². The van der Waals surface area contributed by atoms with E-state index in [2.05, 4.69) is 42.4 Å². The van der Waals surface area contributed by atoms with Crippen LogP contribution in [0.25, 0.3) is 0 Å². The fourth-order valence-corrected chi connectivity index (χ4v) is 2.77. The predicted octanol–water partition coefficient (Wildman–Crippen LogP) is 4.47. The molecule has 6 heteroatoms. The maximum atomic E-state index is 10.9. The maximum Gasteiger partial charge on any atom is 0.287 e. The van der Waals surface area contributed by atoms with Crippen molar-refractivity contribution in [1.82, 2.24) is 0 Å². The van der Waals surface area contributed by atoms with Gasteiger partial charge in [-0.25, -0.2) is 0 Å². The summed E-state index contributed by atoms with van der Waals surface area (Å²) in [5.74, 6) is 1.23. The second-order valence-corrected chi connectivity index (χ2v) is 5.61. The maximum absolute atomic E-state index is 10.9. The van der Waals surface area contributed by atoms with Crippen LogP contribution in [0.15, 0.2) is 22.7 Å². The highest BCUT2D eigenvalue weighted by Gasteiger charge is 2.26. The van der Waals surface area contributed by atoms with Crippen molar-refractivity contribution in [2.75, 3.05) is 12.4 Å². The Kier molecular flexibility index (Phi) is 6.13. The van der Waals surface area contributed by atoms with Crippen LogP contribution in [0.4, 0.5) is 5.69 Å². The van der Waals surface area contributed by atoms with Gasteiger partial charge in [0.25, 0.3) is 5.69 Å². The van der Waals surface area contributed by atoms with Crippen molar-refractivity contribution in [1.29, 1.82) is 0 Å². The van der Waals surface area contributed by atoms with Gasteiger partial charge in [0.05, 0.1) is 11.5 Å². The Morgan fingerprint density at radius 3 is 2.53 bits per heavy atom. The molecule has 0 aromatic heterocycles. The summed E-state index contributed by atoms with van der Waals surface area (Å²) in [6, 6.07) is 4.80. The number of nitro groups is 1. The van der Waals surface area contributed by atoms with Gasteiger partial charge in [-0.3, -0.25) is 10.1 Å². The molecule has 0 radical (unpaired) electrons.